The fraction of sp³-hybridized carbons (Fsp3) is 0.333. The van der Waals surface area contributed by atoms with Crippen molar-refractivity contribution in [3.63, 3.8) is 0 Å². The monoisotopic (exact) mass is 417 g/mol. The highest BCUT2D eigenvalue weighted by Crippen LogP contribution is 2.14. The van der Waals surface area contributed by atoms with Crippen molar-refractivity contribution in [2.45, 2.75) is 25.9 Å². The summed E-state index contributed by atoms with van der Waals surface area (Å²) in [5.41, 5.74) is 2.78. The van der Waals surface area contributed by atoms with Crippen LogP contribution in [0.5, 0.6) is 0 Å². The van der Waals surface area contributed by atoms with Crippen molar-refractivity contribution in [3.05, 3.63) is 82.9 Å². The van der Waals surface area contributed by atoms with E-state index in [2.05, 4.69) is 39.2 Å². The molecule has 1 aliphatic rings. The van der Waals surface area contributed by atoms with E-state index in [1.54, 1.807) is 18.5 Å². The van der Waals surface area contributed by atoms with E-state index in [9.17, 15) is 9.59 Å². The van der Waals surface area contributed by atoms with Gasteiger partial charge in [0.25, 0.3) is 5.56 Å². The van der Waals surface area contributed by atoms with Gasteiger partial charge in [-0.05, 0) is 30.2 Å². The summed E-state index contributed by atoms with van der Waals surface area (Å²) in [7, 11) is 0. The lowest BCUT2D eigenvalue weighted by atomic mass is 10.2. The molecule has 1 amide bonds. The van der Waals surface area contributed by atoms with E-state index in [1.165, 1.54) is 16.3 Å². The van der Waals surface area contributed by atoms with Crippen LogP contribution in [-0.2, 0) is 17.9 Å². The normalized spacial score (nSPS) is 14.5. The Hall–Kier alpha value is -3.32. The van der Waals surface area contributed by atoms with Crippen LogP contribution in [0.25, 0.3) is 11.3 Å². The Morgan fingerprint density at radius 3 is 2.39 bits per heavy atom. The summed E-state index contributed by atoms with van der Waals surface area (Å²) in [4.78, 5) is 33.1. The molecule has 1 fully saturated rings. The maximum absolute atomic E-state index is 12.6. The predicted octanol–water partition coefficient (Wildman–Crippen LogP) is 2.43. The lowest BCUT2D eigenvalue weighted by molar-refractivity contribution is -0.133. The molecule has 1 aromatic carbocycles. The van der Waals surface area contributed by atoms with Crippen LogP contribution >= 0.6 is 0 Å². The van der Waals surface area contributed by atoms with Crippen LogP contribution < -0.4 is 5.56 Å². The van der Waals surface area contributed by atoms with Gasteiger partial charge in [-0.25, -0.2) is 4.68 Å². The largest absolute Gasteiger partial charge is 0.340 e. The van der Waals surface area contributed by atoms with Gasteiger partial charge in [-0.1, -0.05) is 30.3 Å². The topological polar surface area (TPSA) is 71.3 Å². The molecule has 0 saturated carbocycles. The molecule has 2 aromatic heterocycles. The van der Waals surface area contributed by atoms with Gasteiger partial charge < -0.3 is 4.90 Å². The fourth-order valence-corrected chi connectivity index (χ4v) is 3.82. The maximum Gasteiger partial charge on any atom is 0.266 e. The van der Waals surface area contributed by atoms with Crippen molar-refractivity contribution >= 4 is 5.91 Å². The van der Waals surface area contributed by atoms with E-state index in [0.29, 0.717) is 19.4 Å². The molecular weight excluding hydrogens is 390 g/mol. The van der Waals surface area contributed by atoms with Crippen LogP contribution in [0.4, 0.5) is 0 Å². The van der Waals surface area contributed by atoms with E-state index in [1.807, 2.05) is 23.1 Å². The van der Waals surface area contributed by atoms with Crippen molar-refractivity contribution in [1.29, 1.82) is 0 Å². The smallest absolute Gasteiger partial charge is 0.266 e. The number of carbonyl (C=O) groups excluding carboxylic acids is 1. The third-order valence-corrected chi connectivity index (χ3v) is 5.58. The van der Waals surface area contributed by atoms with Crippen LogP contribution in [0, 0.1) is 0 Å². The van der Waals surface area contributed by atoms with E-state index < -0.39 is 0 Å². The minimum Gasteiger partial charge on any atom is -0.340 e. The van der Waals surface area contributed by atoms with E-state index >= 15 is 0 Å². The summed E-state index contributed by atoms with van der Waals surface area (Å²) < 4.78 is 1.45. The molecule has 0 atom stereocenters. The number of amides is 1. The zero-order chi connectivity index (χ0) is 21.5. The lowest BCUT2D eigenvalue weighted by Gasteiger charge is -2.34. The zero-order valence-corrected chi connectivity index (χ0v) is 17.6. The Balaban J connectivity index is 1.25. The number of hydrogen-bond donors (Lipinski definition) is 0. The first kappa shape index (κ1) is 20.9. The Morgan fingerprint density at radius 2 is 1.65 bits per heavy atom. The predicted molar refractivity (Wildman–Crippen MR) is 119 cm³/mol. The quantitative estimate of drug-likeness (QED) is 0.591. The molecule has 1 aliphatic heterocycles. The third kappa shape index (κ3) is 5.64. The standard InChI is InChI=1S/C24H27N5O2/c30-23(28-17-15-27(16-18-28)19-20-5-2-1-3-6-20)7-4-14-29-24(31)9-8-22(26-29)21-10-12-25-13-11-21/h1-3,5-6,8-13H,4,7,14-19H2. The fourth-order valence-electron chi connectivity index (χ4n) is 3.82. The number of aromatic nitrogens is 3. The second-order valence-electron chi connectivity index (χ2n) is 7.76. The molecule has 0 bridgehead atoms. The van der Waals surface area contributed by atoms with Gasteiger partial charge in [-0.2, -0.15) is 5.10 Å². The van der Waals surface area contributed by atoms with Crippen molar-refractivity contribution in [2.24, 2.45) is 0 Å². The number of aryl methyl sites for hydroxylation is 1. The number of pyridine rings is 1. The lowest BCUT2D eigenvalue weighted by Crippen LogP contribution is -2.48. The van der Waals surface area contributed by atoms with Gasteiger partial charge in [0.05, 0.1) is 5.69 Å². The van der Waals surface area contributed by atoms with Gasteiger partial charge in [-0.3, -0.25) is 19.5 Å². The maximum atomic E-state index is 12.6. The van der Waals surface area contributed by atoms with Crippen molar-refractivity contribution in [1.82, 2.24) is 24.6 Å². The van der Waals surface area contributed by atoms with E-state index in [-0.39, 0.29) is 11.5 Å². The van der Waals surface area contributed by atoms with Crippen LogP contribution in [0.1, 0.15) is 18.4 Å². The molecular formula is C24H27N5O2. The molecule has 160 valence electrons. The van der Waals surface area contributed by atoms with Gasteiger partial charge in [0.15, 0.2) is 0 Å². The summed E-state index contributed by atoms with van der Waals surface area (Å²) in [6, 6.07) is 17.4. The first-order chi connectivity index (χ1) is 15.2. The second-order valence-corrected chi connectivity index (χ2v) is 7.76. The summed E-state index contributed by atoms with van der Waals surface area (Å²) in [6.07, 6.45) is 4.41. The molecule has 1 saturated heterocycles. The van der Waals surface area contributed by atoms with Gasteiger partial charge >= 0.3 is 0 Å². The van der Waals surface area contributed by atoms with Gasteiger partial charge in [-0.15, -0.1) is 0 Å². The third-order valence-electron chi connectivity index (χ3n) is 5.58. The molecule has 3 aromatic rings. The van der Waals surface area contributed by atoms with Crippen molar-refractivity contribution in [3.8, 4) is 11.3 Å². The second kappa shape index (κ2) is 10.1. The first-order valence-electron chi connectivity index (χ1n) is 10.7. The first-order valence-corrected chi connectivity index (χ1v) is 10.7. The number of hydrogen-bond acceptors (Lipinski definition) is 5. The molecule has 4 rings (SSSR count). The number of piperazine rings is 1. The Kier molecular flexibility index (Phi) is 6.84. The summed E-state index contributed by atoms with van der Waals surface area (Å²) in [6.45, 7) is 4.62. The average Bonchev–Trinajstić information content (AvgIpc) is 2.82. The van der Waals surface area contributed by atoms with E-state index in [4.69, 9.17) is 0 Å². The molecule has 0 aliphatic carbocycles. The van der Waals surface area contributed by atoms with Crippen molar-refractivity contribution in [2.75, 3.05) is 26.2 Å². The molecule has 0 radical (unpaired) electrons. The number of rotatable bonds is 7. The minimum absolute atomic E-state index is 0.151. The van der Waals surface area contributed by atoms with Crippen LogP contribution in [0.3, 0.4) is 0 Å². The van der Waals surface area contributed by atoms with Gasteiger partial charge in [0.1, 0.15) is 0 Å². The summed E-state index contributed by atoms with van der Waals surface area (Å²) in [5, 5.41) is 4.45. The molecule has 7 nitrogen and oxygen atoms in total. The van der Waals surface area contributed by atoms with Crippen LogP contribution in [0.2, 0.25) is 0 Å². The highest BCUT2D eigenvalue weighted by molar-refractivity contribution is 5.76. The summed E-state index contributed by atoms with van der Waals surface area (Å²) >= 11 is 0. The molecule has 0 spiro atoms. The Bertz CT molecular complexity index is 1040. The number of nitrogens with zero attached hydrogens (tertiary/aromatic N) is 5. The minimum atomic E-state index is -0.153. The van der Waals surface area contributed by atoms with Gasteiger partial charge in [0, 0.05) is 69.7 Å². The Morgan fingerprint density at radius 1 is 0.903 bits per heavy atom. The SMILES string of the molecule is O=C(CCCn1nc(-c2ccncc2)ccc1=O)N1CCN(Cc2ccccc2)CC1. The Labute approximate surface area is 182 Å². The highest BCUT2D eigenvalue weighted by Gasteiger charge is 2.20. The molecule has 3 heterocycles. The number of carbonyl (C=O) groups is 1. The molecule has 0 N–H and O–H groups in total. The average molecular weight is 418 g/mol. The number of benzene rings is 1. The van der Waals surface area contributed by atoms with Crippen LogP contribution in [0.15, 0.2) is 71.8 Å². The highest BCUT2D eigenvalue weighted by atomic mass is 16.2. The molecule has 0 unspecified atom stereocenters. The summed E-state index contributed by atoms with van der Waals surface area (Å²) in [5.74, 6) is 0.151. The molecule has 31 heavy (non-hydrogen) atoms. The zero-order valence-electron chi connectivity index (χ0n) is 17.6. The van der Waals surface area contributed by atoms with E-state index in [0.717, 1.165) is 44.0 Å². The van der Waals surface area contributed by atoms with Crippen molar-refractivity contribution < 1.29 is 4.79 Å². The van der Waals surface area contributed by atoms with Crippen LogP contribution in [-0.4, -0.2) is 56.7 Å². The molecule has 7 heteroatoms. The van der Waals surface area contributed by atoms with Gasteiger partial charge in [0.2, 0.25) is 5.91 Å².